The highest BCUT2D eigenvalue weighted by molar-refractivity contribution is 5.61. The van der Waals surface area contributed by atoms with Crippen LogP contribution in [0.25, 0.3) is 0 Å². The molecule has 0 bridgehead atoms. The zero-order valence-electron chi connectivity index (χ0n) is 23.8. The maximum absolute atomic E-state index is 4.50. The Kier molecular flexibility index (Phi) is 10.4. The first kappa shape index (κ1) is 31.2. The molecule has 3 heterocycles. The highest BCUT2D eigenvalue weighted by Crippen LogP contribution is 2.29. The van der Waals surface area contributed by atoms with E-state index in [0.29, 0.717) is 0 Å². The van der Waals surface area contributed by atoms with Crippen molar-refractivity contribution in [3.8, 4) is 0 Å². The average molecular weight is 672 g/mol. The molecule has 5 rings (SSSR count). The van der Waals surface area contributed by atoms with E-state index in [9.17, 15) is 0 Å². The van der Waals surface area contributed by atoms with Crippen molar-refractivity contribution in [2.75, 3.05) is 36.0 Å². The molecule has 4 aromatic rings. The fourth-order valence-corrected chi connectivity index (χ4v) is 4.76. The van der Waals surface area contributed by atoms with Crippen molar-refractivity contribution in [1.29, 1.82) is 0 Å². The molecule has 1 fully saturated rings. The van der Waals surface area contributed by atoms with Crippen LogP contribution in [0.15, 0.2) is 81.6 Å². The molecular formula is C28H36Br2N10. The molecule has 0 spiro atoms. The Bertz CT molecular complexity index is 1360. The van der Waals surface area contributed by atoms with Crippen LogP contribution in [0, 0.1) is 13.8 Å². The number of nitrogens with zero attached hydrogens (tertiary/aromatic N) is 10. The number of benzene rings is 2. The SMILES string of the molecule is Cc1cc(N2CCN(c3ccc(N=Nc4n(C)cc[n+]4C)c(C)c3)CC2)ccc1N=Nc1n(C)cc[n+]1C.[Br-].[Br-]. The Hall–Kier alpha value is -3.38. The van der Waals surface area contributed by atoms with E-state index in [2.05, 4.69) is 80.5 Å². The van der Waals surface area contributed by atoms with Crippen molar-refractivity contribution in [2.24, 2.45) is 48.6 Å². The smallest absolute Gasteiger partial charge is 0.421 e. The molecule has 0 unspecified atom stereocenters. The average Bonchev–Trinajstić information content (AvgIpc) is 3.41. The van der Waals surface area contributed by atoms with Crippen LogP contribution in [0.3, 0.4) is 0 Å². The number of hydrogen-bond donors (Lipinski definition) is 0. The maximum Gasteiger partial charge on any atom is 0.421 e. The van der Waals surface area contributed by atoms with Crippen molar-refractivity contribution in [3.05, 3.63) is 72.3 Å². The largest absolute Gasteiger partial charge is 1.00 e. The second kappa shape index (κ2) is 13.3. The lowest BCUT2D eigenvalue weighted by Crippen LogP contribution is -3.00. The summed E-state index contributed by atoms with van der Waals surface area (Å²) in [4.78, 5) is 4.88. The Morgan fingerprint density at radius 1 is 0.600 bits per heavy atom. The number of piperazine rings is 1. The Morgan fingerprint density at radius 3 is 1.27 bits per heavy atom. The Balaban J connectivity index is 0.00000220. The summed E-state index contributed by atoms with van der Waals surface area (Å²) in [7, 11) is 7.88. The van der Waals surface area contributed by atoms with Crippen molar-refractivity contribution < 1.29 is 43.1 Å². The van der Waals surface area contributed by atoms with Gasteiger partial charge in [0.05, 0.1) is 53.0 Å². The lowest BCUT2D eigenvalue weighted by molar-refractivity contribution is -0.657. The standard InChI is InChI=1S/C28H36N10.2BrH/c1-21-19-23(7-9-25(21)29-31-27-33(3)11-12-34(27)4)37-15-17-38(18-16-37)24-8-10-26(22(2)20-24)30-32-28-35(5)13-14-36(28)6;;/h7-14,19-20H,15-18H2,1-6H3;2*1H/q+2;;/p-2. The van der Waals surface area contributed by atoms with Crippen LogP contribution in [0.2, 0.25) is 0 Å². The third-order valence-electron chi connectivity index (χ3n) is 7.15. The molecule has 10 nitrogen and oxygen atoms in total. The van der Waals surface area contributed by atoms with Gasteiger partial charge in [0, 0.05) is 47.8 Å². The normalized spacial score (nSPS) is 13.7. The predicted octanol–water partition coefficient (Wildman–Crippen LogP) is -1.21. The molecular weight excluding hydrogens is 636 g/mol. The first-order chi connectivity index (χ1) is 18.3. The summed E-state index contributed by atoms with van der Waals surface area (Å²) in [6.07, 6.45) is 7.88. The summed E-state index contributed by atoms with van der Waals surface area (Å²) in [5, 5.41) is 17.9. The van der Waals surface area contributed by atoms with E-state index in [1.807, 2.05) is 71.2 Å². The lowest BCUT2D eigenvalue weighted by atomic mass is 10.1. The van der Waals surface area contributed by atoms with Crippen LogP contribution in [-0.4, -0.2) is 35.3 Å². The van der Waals surface area contributed by atoms with Gasteiger partial charge in [-0.05, 0) is 61.4 Å². The molecule has 2 aromatic carbocycles. The van der Waals surface area contributed by atoms with Gasteiger partial charge in [-0.2, -0.15) is 0 Å². The van der Waals surface area contributed by atoms with Crippen LogP contribution < -0.4 is 52.9 Å². The topological polar surface area (TPSA) is 73.5 Å². The molecule has 0 atom stereocenters. The number of hydrogen-bond acceptors (Lipinski definition) is 6. The summed E-state index contributed by atoms with van der Waals surface area (Å²) < 4.78 is 7.82. The number of aryl methyl sites for hydroxylation is 6. The highest BCUT2D eigenvalue weighted by atomic mass is 79.9. The fraction of sp³-hybridized carbons (Fsp3) is 0.357. The first-order valence-electron chi connectivity index (χ1n) is 12.9. The molecule has 0 aliphatic carbocycles. The van der Waals surface area contributed by atoms with Gasteiger partial charge in [0.2, 0.25) is 0 Å². The van der Waals surface area contributed by atoms with E-state index in [-0.39, 0.29) is 34.0 Å². The second-order valence-electron chi connectivity index (χ2n) is 9.96. The van der Waals surface area contributed by atoms with E-state index in [0.717, 1.165) is 60.6 Å². The van der Waals surface area contributed by atoms with E-state index in [4.69, 9.17) is 0 Å². The number of aromatic nitrogens is 4. The van der Waals surface area contributed by atoms with Gasteiger partial charge in [0.1, 0.15) is 11.4 Å². The number of anilines is 2. The van der Waals surface area contributed by atoms with E-state index in [1.165, 1.54) is 11.4 Å². The van der Waals surface area contributed by atoms with Crippen molar-refractivity contribution in [2.45, 2.75) is 13.8 Å². The van der Waals surface area contributed by atoms with Crippen molar-refractivity contribution in [3.63, 3.8) is 0 Å². The van der Waals surface area contributed by atoms with Crippen molar-refractivity contribution >= 4 is 34.6 Å². The van der Waals surface area contributed by atoms with E-state index >= 15 is 0 Å². The molecule has 0 radical (unpaired) electrons. The summed E-state index contributed by atoms with van der Waals surface area (Å²) in [6.45, 7) is 8.04. The van der Waals surface area contributed by atoms with Crippen molar-refractivity contribution in [1.82, 2.24) is 9.13 Å². The second-order valence-corrected chi connectivity index (χ2v) is 9.96. The predicted molar refractivity (Wildman–Crippen MR) is 148 cm³/mol. The van der Waals surface area contributed by atoms with Gasteiger partial charge in [-0.3, -0.25) is 0 Å². The third kappa shape index (κ3) is 6.67. The number of azo groups is 2. The molecule has 1 aliphatic heterocycles. The van der Waals surface area contributed by atoms with Gasteiger partial charge in [-0.1, -0.05) is 10.2 Å². The molecule has 0 N–H and O–H groups in total. The van der Waals surface area contributed by atoms with Gasteiger partial charge in [-0.15, -0.1) is 0 Å². The summed E-state index contributed by atoms with van der Waals surface area (Å²) >= 11 is 0. The fourth-order valence-electron chi connectivity index (χ4n) is 4.76. The molecule has 1 aliphatic rings. The number of rotatable bonds is 6. The van der Waals surface area contributed by atoms with Crippen LogP contribution in [0.1, 0.15) is 11.1 Å². The van der Waals surface area contributed by atoms with Crippen LogP contribution >= 0.6 is 0 Å². The van der Waals surface area contributed by atoms with Gasteiger partial charge < -0.3 is 43.8 Å². The minimum absolute atomic E-state index is 0. The molecule has 12 heteroatoms. The highest BCUT2D eigenvalue weighted by Gasteiger charge is 2.19. The van der Waals surface area contributed by atoms with Gasteiger partial charge >= 0.3 is 11.9 Å². The third-order valence-corrected chi connectivity index (χ3v) is 7.15. The van der Waals surface area contributed by atoms with Crippen LogP contribution in [0.5, 0.6) is 0 Å². The van der Waals surface area contributed by atoms with Gasteiger partial charge in [0.25, 0.3) is 0 Å². The minimum atomic E-state index is 0. The summed E-state index contributed by atoms with van der Waals surface area (Å²) in [5.41, 5.74) is 6.48. The first-order valence-corrected chi connectivity index (χ1v) is 12.9. The zero-order chi connectivity index (χ0) is 26.8. The van der Waals surface area contributed by atoms with Crippen LogP contribution in [0.4, 0.5) is 34.6 Å². The number of imidazole rings is 2. The lowest BCUT2D eigenvalue weighted by Gasteiger charge is -2.37. The molecule has 0 amide bonds. The van der Waals surface area contributed by atoms with Gasteiger partial charge in [0.15, 0.2) is 0 Å². The van der Waals surface area contributed by atoms with Gasteiger partial charge in [-0.25, -0.2) is 18.3 Å². The molecule has 2 aromatic heterocycles. The molecule has 212 valence electrons. The zero-order valence-corrected chi connectivity index (χ0v) is 27.0. The maximum atomic E-state index is 4.50. The summed E-state index contributed by atoms with van der Waals surface area (Å²) in [5.74, 6) is 1.61. The van der Waals surface area contributed by atoms with Crippen LogP contribution in [-0.2, 0) is 28.2 Å². The quantitative estimate of drug-likeness (QED) is 0.191. The number of halogens is 2. The molecule has 40 heavy (non-hydrogen) atoms. The van der Waals surface area contributed by atoms with E-state index in [1.54, 1.807) is 0 Å². The summed E-state index contributed by atoms with van der Waals surface area (Å²) in [6, 6.07) is 12.9. The molecule has 1 saturated heterocycles. The Labute approximate surface area is 256 Å². The Morgan fingerprint density at radius 2 is 0.975 bits per heavy atom. The monoisotopic (exact) mass is 670 g/mol. The minimum Gasteiger partial charge on any atom is -1.00 e. The van der Waals surface area contributed by atoms with E-state index < -0.39 is 0 Å². The molecule has 0 saturated carbocycles.